The molecule has 0 saturated heterocycles. The van der Waals surface area contributed by atoms with Crippen molar-refractivity contribution in [2.45, 2.75) is 6.42 Å². The number of carbonyl (C=O) groups is 1. The Balaban J connectivity index is 2.02. The molecular weight excluding hydrogens is 342 g/mol. The van der Waals surface area contributed by atoms with Crippen LogP contribution in [0.2, 0.25) is 0 Å². The summed E-state index contributed by atoms with van der Waals surface area (Å²) >= 11 is 3.45. The molecular formula is C18H14BrNO2. The lowest BCUT2D eigenvalue weighted by molar-refractivity contribution is 0.0600. The predicted octanol–water partition coefficient (Wildman–Crippen LogP) is 4.37. The van der Waals surface area contributed by atoms with E-state index >= 15 is 0 Å². The highest BCUT2D eigenvalue weighted by atomic mass is 79.9. The number of methoxy groups -OCH3 is 1. The molecule has 0 fully saturated rings. The highest BCUT2D eigenvalue weighted by Crippen LogP contribution is 2.23. The van der Waals surface area contributed by atoms with E-state index in [1.807, 2.05) is 30.5 Å². The number of benzene rings is 2. The molecule has 1 heterocycles. The van der Waals surface area contributed by atoms with Gasteiger partial charge in [-0.3, -0.25) is 4.98 Å². The van der Waals surface area contributed by atoms with Crippen LogP contribution in [0.5, 0.6) is 0 Å². The fourth-order valence-electron chi connectivity index (χ4n) is 2.54. The normalized spacial score (nSPS) is 10.6. The van der Waals surface area contributed by atoms with Gasteiger partial charge in [0.1, 0.15) is 0 Å². The Morgan fingerprint density at radius 3 is 2.91 bits per heavy atom. The van der Waals surface area contributed by atoms with Crippen LogP contribution in [0.25, 0.3) is 10.8 Å². The molecule has 0 aliphatic heterocycles. The van der Waals surface area contributed by atoms with Gasteiger partial charge < -0.3 is 4.74 Å². The molecule has 3 aromatic rings. The second-order valence-corrected chi connectivity index (χ2v) is 5.95. The largest absolute Gasteiger partial charge is 0.465 e. The monoisotopic (exact) mass is 355 g/mol. The summed E-state index contributed by atoms with van der Waals surface area (Å²) < 4.78 is 5.66. The summed E-state index contributed by atoms with van der Waals surface area (Å²) in [5.74, 6) is -0.331. The zero-order chi connectivity index (χ0) is 15.5. The van der Waals surface area contributed by atoms with Crippen molar-refractivity contribution in [1.82, 2.24) is 4.98 Å². The fraction of sp³-hybridized carbons (Fsp3) is 0.111. The Bertz CT molecular complexity index is 840. The van der Waals surface area contributed by atoms with Crippen LogP contribution >= 0.6 is 15.9 Å². The highest BCUT2D eigenvalue weighted by molar-refractivity contribution is 9.10. The molecule has 0 amide bonds. The van der Waals surface area contributed by atoms with E-state index in [-0.39, 0.29) is 5.97 Å². The first-order chi connectivity index (χ1) is 10.7. The van der Waals surface area contributed by atoms with E-state index in [9.17, 15) is 4.79 Å². The molecule has 0 bridgehead atoms. The molecule has 3 rings (SSSR count). The molecule has 0 N–H and O–H groups in total. The zero-order valence-electron chi connectivity index (χ0n) is 12.0. The van der Waals surface area contributed by atoms with Gasteiger partial charge in [-0.25, -0.2) is 4.79 Å². The van der Waals surface area contributed by atoms with E-state index in [2.05, 4.69) is 33.0 Å². The number of hydrogen-bond donors (Lipinski definition) is 0. The quantitative estimate of drug-likeness (QED) is 0.654. The van der Waals surface area contributed by atoms with Crippen LogP contribution in [0.1, 0.15) is 21.5 Å². The van der Waals surface area contributed by atoms with Crippen molar-refractivity contribution < 1.29 is 9.53 Å². The first-order valence-corrected chi connectivity index (χ1v) is 7.66. The first-order valence-electron chi connectivity index (χ1n) is 6.87. The molecule has 1 aromatic heterocycles. The molecule has 2 aromatic carbocycles. The number of aromatic nitrogens is 1. The third kappa shape index (κ3) is 3.02. The number of halogens is 1. The third-order valence-corrected chi connectivity index (χ3v) is 4.01. The lowest BCUT2D eigenvalue weighted by Crippen LogP contribution is -2.02. The number of carbonyl (C=O) groups excluding carboxylic acids is 1. The van der Waals surface area contributed by atoms with Gasteiger partial charge in [-0.05, 0) is 47.2 Å². The van der Waals surface area contributed by atoms with Crippen molar-refractivity contribution in [3.63, 3.8) is 0 Å². The minimum absolute atomic E-state index is 0.331. The Kier molecular flexibility index (Phi) is 4.20. The number of ether oxygens (including phenoxy) is 1. The Labute approximate surface area is 137 Å². The van der Waals surface area contributed by atoms with Crippen molar-refractivity contribution in [2.24, 2.45) is 0 Å². The minimum Gasteiger partial charge on any atom is -0.465 e. The van der Waals surface area contributed by atoms with Gasteiger partial charge in [-0.1, -0.05) is 34.1 Å². The van der Waals surface area contributed by atoms with Crippen molar-refractivity contribution >= 4 is 32.7 Å². The summed E-state index contributed by atoms with van der Waals surface area (Å²) in [7, 11) is 1.39. The summed E-state index contributed by atoms with van der Waals surface area (Å²) in [6, 6.07) is 13.8. The molecule has 0 aliphatic rings. The zero-order valence-corrected chi connectivity index (χ0v) is 13.6. The average Bonchev–Trinajstić information content (AvgIpc) is 2.54. The van der Waals surface area contributed by atoms with Gasteiger partial charge in [0.05, 0.1) is 12.7 Å². The van der Waals surface area contributed by atoms with Crippen LogP contribution in [0.3, 0.4) is 0 Å². The van der Waals surface area contributed by atoms with Gasteiger partial charge in [0.25, 0.3) is 0 Å². The van der Waals surface area contributed by atoms with Gasteiger partial charge in [-0.2, -0.15) is 0 Å². The number of pyridine rings is 1. The third-order valence-electron chi connectivity index (χ3n) is 3.55. The standard InChI is InChI=1S/C18H14BrNO2/c1-22-18(21)15-8-12(9-16(19)10-15)7-14-4-2-3-13-5-6-20-11-17(13)14/h2-6,8-11H,7H2,1H3. The number of nitrogens with zero attached hydrogens (tertiary/aromatic N) is 1. The Morgan fingerprint density at radius 2 is 2.09 bits per heavy atom. The molecule has 22 heavy (non-hydrogen) atoms. The number of esters is 1. The van der Waals surface area contributed by atoms with E-state index in [0.29, 0.717) is 5.56 Å². The maximum absolute atomic E-state index is 11.7. The fourth-order valence-corrected chi connectivity index (χ4v) is 3.08. The summed E-state index contributed by atoms with van der Waals surface area (Å²) in [5.41, 5.74) is 2.77. The van der Waals surface area contributed by atoms with Crippen molar-refractivity contribution in [3.05, 3.63) is 76.0 Å². The molecule has 0 unspecified atom stereocenters. The molecule has 3 nitrogen and oxygen atoms in total. The second-order valence-electron chi connectivity index (χ2n) is 5.03. The van der Waals surface area contributed by atoms with Crippen LogP contribution in [0, 0.1) is 0 Å². The molecule has 0 saturated carbocycles. The molecule has 0 aliphatic carbocycles. The number of hydrogen-bond acceptors (Lipinski definition) is 3. The minimum atomic E-state index is -0.331. The van der Waals surface area contributed by atoms with Gasteiger partial charge in [0.15, 0.2) is 0 Å². The van der Waals surface area contributed by atoms with Crippen LogP contribution in [0.15, 0.2) is 59.3 Å². The van der Waals surface area contributed by atoms with E-state index in [1.54, 1.807) is 12.3 Å². The van der Waals surface area contributed by atoms with Crippen LogP contribution < -0.4 is 0 Å². The average molecular weight is 356 g/mol. The summed E-state index contributed by atoms with van der Waals surface area (Å²) in [5, 5.41) is 2.29. The van der Waals surface area contributed by atoms with Crippen molar-refractivity contribution in [3.8, 4) is 0 Å². The molecule has 0 spiro atoms. The van der Waals surface area contributed by atoms with Crippen LogP contribution in [0.4, 0.5) is 0 Å². The van der Waals surface area contributed by atoms with Gasteiger partial charge in [0.2, 0.25) is 0 Å². The Morgan fingerprint density at radius 1 is 1.23 bits per heavy atom. The predicted molar refractivity (Wildman–Crippen MR) is 90.0 cm³/mol. The van der Waals surface area contributed by atoms with Crippen molar-refractivity contribution in [1.29, 1.82) is 0 Å². The maximum atomic E-state index is 11.7. The SMILES string of the molecule is COC(=O)c1cc(Br)cc(Cc2cccc3ccncc23)c1. The smallest absolute Gasteiger partial charge is 0.337 e. The number of fused-ring (bicyclic) bond motifs is 1. The van der Waals surface area contributed by atoms with Crippen LogP contribution in [-0.4, -0.2) is 18.1 Å². The molecule has 0 radical (unpaired) electrons. The summed E-state index contributed by atoms with van der Waals surface area (Å²) in [6.07, 6.45) is 4.40. The van der Waals surface area contributed by atoms with Gasteiger partial charge in [0, 0.05) is 22.3 Å². The summed E-state index contributed by atoms with van der Waals surface area (Å²) in [4.78, 5) is 15.9. The van der Waals surface area contributed by atoms with Gasteiger partial charge >= 0.3 is 5.97 Å². The molecule has 110 valence electrons. The highest BCUT2D eigenvalue weighted by Gasteiger charge is 2.09. The van der Waals surface area contributed by atoms with E-state index in [1.165, 1.54) is 12.7 Å². The molecule has 0 atom stereocenters. The Hall–Kier alpha value is -2.20. The van der Waals surface area contributed by atoms with E-state index in [4.69, 9.17) is 4.74 Å². The lowest BCUT2D eigenvalue weighted by atomic mass is 9.99. The molecule has 4 heteroatoms. The first kappa shape index (κ1) is 14.7. The topological polar surface area (TPSA) is 39.2 Å². The van der Waals surface area contributed by atoms with Crippen molar-refractivity contribution in [2.75, 3.05) is 7.11 Å². The lowest BCUT2D eigenvalue weighted by Gasteiger charge is -2.08. The number of rotatable bonds is 3. The van der Waals surface area contributed by atoms with Gasteiger partial charge in [-0.15, -0.1) is 0 Å². The van der Waals surface area contributed by atoms with E-state index < -0.39 is 0 Å². The van der Waals surface area contributed by atoms with E-state index in [0.717, 1.165) is 27.2 Å². The summed E-state index contributed by atoms with van der Waals surface area (Å²) in [6.45, 7) is 0. The maximum Gasteiger partial charge on any atom is 0.337 e. The second kappa shape index (κ2) is 6.28. The van der Waals surface area contributed by atoms with Crippen LogP contribution in [-0.2, 0) is 11.2 Å².